The molecule has 0 aliphatic carbocycles. The summed E-state index contributed by atoms with van der Waals surface area (Å²) in [7, 11) is 0. The summed E-state index contributed by atoms with van der Waals surface area (Å²) in [4.78, 5) is 15.5. The number of carbonyl (C=O) groups is 1. The highest BCUT2D eigenvalue weighted by molar-refractivity contribution is 7.99. The molecule has 0 unspecified atom stereocenters. The highest BCUT2D eigenvalue weighted by Gasteiger charge is 2.09. The van der Waals surface area contributed by atoms with Crippen LogP contribution in [-0.4, -0.2) is 28.5 Å². The van der Waals surface area contributed by atoms with Crippen LogP contribution in [0.15, 0.2) is 28.8 Å². The molecule has 112 valence electrons. The van der Waals surface area contributed by atoms with Gasteiger partial charge in [0.15, 0.2) is 5.82 Å². The fraction of sp³-hybridized carbons (Fsp3) is 0.357. The van der Waals surface area contributed by atoms with Gasteiger partial charge in [0.05, 0.1) is 18.1 Å². The van der Waals surface area contributed by atoms with Crippen LogP contribution >= 0.6 is 23.4 Å². The monoisotopic (exact) mass is 326 g/mol. The number of rotatable bonds is 7. The van der Waals surface area contributed by atoms with Crippen LogP contribution in [-0.2, 0) is 21.7 Å². The van der Waals surface area contributed by atoms with Crippen LogP contribution < -0.4 is 0 Å². The zero-order chi connectivity index (χ0) is 15.1. The number of halogens is 1. The molecule has 0 spiro atoms. The van der Waals surface area contributed by atoms with Crippen molar-refractivity contribution in [2.45, 2.75) is 19.1 Å². The number of thioether (sulfide) groups is 1. The standard InChI is InChI=1S/C14H15ClN2O3S/c1-2-19-14(18)9-21-8-13-16-12(17-20-13)7-10-4-3-5-11(15)6-10/h3-6H,2,7-9H2,1H3. The van der Waals surface area contributed by atoms with E-state index in [9.17, 15) is 4.79 Å². The Balaban J connectivity index is 1.83. The lowest BCUT2D eigenvalue weighted by Gasteiger charge is -1.99. The summed E-state index contributed by atoms with van der Waals surface area (Å²) >= 11 is 7.31. The summed E-state index contributed by atoms with van der Waals surface area (Å²) < 4.78 is 9.98. The summed E-state index contributed by atoms with van der Waals surface area (Å²) in [6.45, 7) is 2.17. The van der Waals surface area contributed by atoms with Crippen molar-refractivity contribution in [3.8, 4) is 0 Å². The Hall–Kier alpha value is -1.53. The van der Waals surface area contributed by atoms with Gasteiger partial charge in [0, 0.05) is 11.4 Å². The first kappa shape index (κ1) is 15.9. The van der Waals surface area contributed by atoms with Crippen LogP contribution in [0, 0.1) is 0 Å². The Morgan fingerprint density at radius 3 is 3.10 bits per heavy atom. The number of ether oxygens (including phenoxy) is 1. The molecule has 0 fully saturated rings. The van der Waals surface area contributed by atoms with Gasteiger partial charge in [0.2, 0.25) is 5.89 Å². The molecule has 0 amide bonds. The average Bonchev–Trinajstić information content (AvgIpc) is 2.86. The van der Waals surface area contributed by atoms with Crippen molar-refractivity contribution in [3.63, 3.8) is 0 Å². The highest BCUT2D eigenvalue weighted by atomic mass is 35.5. The van der Waals surface area contributed by atoms with Crippen molar-refractivity contribution < 1.29 is 14.1 Å². The molecule has 1 heterocycles. The molecular weight excluding hydrogens is 312 g/mol. The second-order valence-electron chi connectivity index (χ2n) is 4.21. The molecule has 5 nitrogen and oxygen atoms in total. The Morgan fingerprint density at radius 2 is 2.33 bits per heavy atom. The van der Waals surface area contributed by atoms with Crippen molar-refractivity contribution in [1.82, 2.24) is 10.1 Å². The third-order valence-corrected chi connectivity index (χ3v) is 3.64. The summed E-state index contributed by atoms with van der Waals surface area (Å²) in [5.41, 5.74) is 1.02. The Bertz CT molecular complexity index is 603. The second-order valence-corrected chi connectivity index (χ2v) is 5.63. The number of carbonyl (C=O) groups excluding carboxylic acids is 1. The topological polar surface area (TPSA) is 65.2 Å². The van der Waals surface area contributed by atoms with Gasteiger partial charge in [0.25, 0.3) is 0 Å². The lowest BCUT2D eigenvalue weighted by molar-refractivity contribution is -0.139. The maximum atomic E-state index is 11.2. The van der Waals surface area contributed by atoms with Crippen molar-refractivity contribution >= 4 is 29.3 Å². The van der Waals surface area contributed by atoms with Gasteiger partial charge in [-0.2, -0.15) is 4.98 Å². The summed E-state index contributed by atoms with van der Waals surface area (Å²) in [6.07, 6.45) is 0.562. The molecule has 7 heteroatoms. The minimum Gasteiger partial charge on any atom is -0.465 e. The van der Waals surface area contributed by atoms with Gasteiger partial charge in [-0.1, -0.05) is 28.9 Å². The summed E-state index contributed by atoms with van der Waals surface area (Å²) in [6, 6.07) is 7.52. The van der Waals surface area contributed by atoms with Gasteiger partial charge >= 0.3 is 5.97 Å². The quantitative estimate of drug-likeness (QED) is 0.728. The van der Waals surface area contributed by atoms with E-state index >= 15 is 0 Å². The molecule has 0 aliphatic heterocycles. The number of aromatic nitrogens is 2. The third-order valence-electron chi connectivity index (χ3n) is 2.51. The van der Waals surface area contributed by atoms with Gasteiger partial charge in [0.1, 0.15) is 0 Å². The van der Waals surface area contributed by atoms with E-state index in [1.165, 1.54) is 11.8 Å². The zero-order valence-corrected chi connectivity index (χ0v) is 13.1. The number of benzene rings is 1. The number of hydrogen-bond donors (Lipinski definition) is 0. The van der Waals surface area contributed by atoms with Crippen LogP contribution in [0.4, 0.5) is 0 Å². The second kappa shape index (κ2) is 8.05. The predicted molar refractivity (Wildman–Crippen MR) is 81.4 cm³/mol. The molecule has 21 heavy (non-hydrogen) atoms. The molecule has 0 bridgehead atoms. The van der Waals surface area contributed by atoms with Crippen molar-refractivity contribution in [1.29, 1.82) is 0 Å². The lowest BCUT2D eigenvalue weighted by Crippen LogP contribution is -2.06. The molecule has 1 aromatic heterocycles. The summed E-state index contributed by atoms with van der Waals surface area (Å²) in [5.74, 6) is 1.63. The van der Waals surface area contributed by atoms with Crippen LogP contribution in [0.2, 0.25) is 5.02 Å². The molecule has 0 saturated heterocycles. The Kier molecular flexibility index (Phi) is 6.07. The van der Waals surface area contributed by atoms with E-state index in [-0.39, 0.29) is 11.7 Å². The van der Waals surface area contributed by atoms with E-state index < -0.39 is 0 Å². The van der Waals surface area contributed by atoms with Crippen LogP contribution in [0.5, 0.6) is 0 Å². The zero-order valence-electron chi connectivity index (χ0n) is 11.5. The molecule has 2 rings (SSSR count). The minimum atomic E-state index is -0.235. The molecule has 0 aliphatic rings. The SMILES string of the molecule is CCOC(=O)CSCc1nc(Cc2cccc(Cl)c2)no1. The van der Waals surface area contributed by atoms with Gasteiger partial charge in [-0.3, -0.25) is 4.79 Å². The molecule has 1 aromatic carbocycles. The smallest absolute Gasteiger partial charge is 0.315 e. The molecule has 0 radical (unpaired) electrons. The molecule has 0 N–H and O–H groups in total. The number of nitrogens with zero attached hydrogens (tertiary/aromatic N) is 2. The van der Waals surface area contributed by atoms with Gasteiger partial charge in [-0.25, -0.2) is 0 Å². The van der Waals surface area contributed by atoms with Gasteiger partial charge < -0.3 is 9.26 Å². The minimum absolute atomic E-state index is 0.235. The van der Waals surface area contributed by atoms with Gasteiger partial charge in [-0.05, 0) is 24.6 Å². The Labute approximate surface area is 132 Å². The van der Waals surface area contributed by atoms with Crippen LogP contribution in [0.3, 0.4) is 0 Å². The number of esters is 1. The molecule has 2 aromatic rings. The average molecular weight is 327 g/mol. The largest absolute Gasteiger partial charge is 0.465 e. The Morgan fingerprint density at radius 1 is 1.48 bits per heavy atom. The van der Waals surface area contributed by atoms with E-state index in [2.05, 4.69) is 10.1 Å². The van der Waals surface area contributed by atoms with Gasteiger partial charge in [-0.15, -0.1) is 11.8 Å². The molecular formula is C14H15ClN2O3S. The molecule has 0 atom stereocenters. The number of hydrogen-bond acceptors (Lipinski definition) is 6. The third kappa shape index (κ3) is 5.40. The first-order valence-corrected chi connectivity index (χ1v) is 8.00. The van der Waals surface area contributed by atoms with Crippen LogP contribution in [0.1, 0.15) is 24.2 Å². The van der Waals surface area contributed by atoms with E-state index in [0.29, 0.717) is 35.5 Å². The van der Waals surface area contributed by atoms with Crippen LogP contribution in [0.25, 0.3) is 0 Å². The van der Waals surface area contributed by atoms with E-state index in [1.54, 1.807) is 6.92 Å². The fourth-order valence-corrected chi connectivity index (χ4v) is 2.53. The molecule has 0 saturated carbocycles. The first-order valence-electron chi connectivity index (χ1n) is 6.46. The normalized spacial score (nSPS) is 10.6. The first-order chi connectivity index (χ1) is 10.2. The van der Waals surface area contributed by atoms with Crippen molar-refractivity contribution in [2.75, 3.05) is 12.4 Å². The maximum absolute atomic E-state index is 11.2. The fourth-order valence-electron chi connectivity index (χ4n) is 1.67. The predicted octanol–water partition coefficient (Wildman–Crippen LogP) is 3.11. The highest BCUT2D eigenvalue weighted by Crippen LogP contribution is 2.15. The van der Waals surface area contributed by atoms with Crippen molar-refractivity contribution in [2.24, 2.45) is 0 Å². The van der Waals surface area contributed by atoms with E-state index in [0.717, 1.165) is 5.56 Å². The maximum Gasteiger partial charge on any atom is 0.315 e. The van der Waals surface area contributed by atoms with E-state index in [4.69, 9.17) is 20.9 Å². The van der Waals surface area contributed by atoms with E-state index in [1.807, 2.05) is 24.3 Å². The lowest BCUT2D eigenvalue weighted by atomic mass is 10.1. The van der Waals surface area contributed by atoms with Crippen molar-refractivity contribution in [3.05, 3.63) is 46.6 Å². The summed E-state index contributed by atoms with van der Waals surface area (Å²) in [5, 5.41) is 4.60.